The van der Waals surface area contributed by atoms with Crippen LogP contribution in [0.1, 0.15) is 24.7 Å². The van der Waals surface area contributed by atoms with Gasteiger partial charge in [-0.1, -0.05) is 31.2 Å². The minimum absolute atomic E-state index is 0.717. The Morgan fingerprint density at radius 3 is 3.00 bits per heavy atom. The highest BCUT2D eigenvalue weighted by Crippen LogP contribution is 2.18. The van der Waals surface area contributed by atoms with E-state index in [1.54, 1.807) is 0 Å². The highest BCUT2D eigenvalue weighted by Gasteiger charge is 2.05. The van der Waals surface area contributed by atoms with E-state index >= 15 is 0 Å². The molecular weight excluding hydrogens is 268 g/mol. The van der Waals surface area contributed by atoms with Gasteiger partial charge in [-0.15, -0.1) is 0 Å². The van der Waals surface area contributed by atoms with E-state index in [4.69, 9.17) is 0 Å². The van der Waals surface area contributed by atoms with E-state index in [9.17, 15) is 0 Å². The van der Waals surface area contributed by atoms with Crippen LogP contribution in [-0.4, -0.2) is 14.3 Å². The second kappa shape index (κ2) is 5.96. The van der Waals surface area contributed by atoms with Crippen molar-refractivity contribution < 1.29 is 0 Å². The Morgan fingerprint density at radius 1 is 1.20 bits per heavy atom. The fourth-order valence-electron chi connectivity index (χ4n) is 2.13. The third-order valence-electron chi connectivity index (χ3n) is 3.09. The molecule has 0 spiro atoms. The van der Waals surface area contributed by atoms with Crippen molar-refractivity contribution in [3.05, 3.63) is 47.9 Å². The van der Waals surface area contributed by atoms with Gasteiger partial charge in [0.15, 0.2) is 0 Å². The van der Waals surface area contributed by atoms with Crippen LogP contribution in [0, 0.1) is 0 Å². The quantitative estimate of drug-likeness (QED) is 0.777. The van der Waals surface area contributed by atoms with E-state index in [2.05, 4.69) is 50.8 Å². The van der Waals surface area contributed by atoms with Gasteiger partial charge in [-0.05, 0) is 18.1 Å². The van der Waals surface area contributed by atoms with Gasteiger partial charge in [-0.3, -0.25) is 4.98 Å². The molecule has 1 N–H and O–H groups in total. The first kappa shape index (κ1) is 13.0. The van der Waals surface area contributed by atoms with E-state index in [1.807, 2.05) is 12.3 Å². The molecule has 0 saturated heterocycles. The number of aromatic nitrogens is 3. The number of hydrogen-bond acceptors (Lipinski definition) is 5. The van der Waals surface area contributed by atoms with Crippen molar-refractivity contribution in [2.45, 2.75) is 26.3 Å². The molecule has 0 aliphatic rings. The topological polar surface area (TPSA) is 50.7 Å². The van der Waals surface area contributed by atoms with Crippen LogP contribution in [0.25, 0.3) is 10.9 Å². The minimum atomic E-state index is 0.717. The molecule has 0 amide bonds. The van der Waals surface area contributed by atoms with Crippen LogP contribution in [0.3, 0.4) is 0 Å². The maximum atomic E-state index is 4.47. The standard InChI is InChI=1S/C15H16N4S/c1-2-5-13-18-15(20-19-13)17-10-12-7-3-6-11-8-4-9-16-14(11)12/h3-4,6-9H,2,5,10H2,1H3,(H,17,18,19). The number of pyridine rings is 1. The number of aryl methyl sites for hydroxylation is 1. The van der Waals surface area contributed by atoms with Crippen LogP contribution in [0.4, 0.5) is 5.13 Å². The summed E-state index contributed by atoms with van der Waals surface area (Å²) in [6, 6.07) is 10.3. The Kier molecular flexibility index (Phi) is 3.87. The molecule has 2 aromatic heterocycles. The number of rotatable bonds is 5. The molecule has 0 atom stereocenters. The lowest BCUT2D eigenvalue weighted by Crippen LogP contribution is -2.00. The molecule has 102 valence electrons. The lowest BCUT2D eigenvalue weighted by atomic mass is 10.1. The zero-order valence-corrected chi connectivity index (χ0v) is 12.2. The van der Waals surface area contributed by atoms with E-state index in [0.29, 0.717) is 0 Å². The highest BCUT2D eigenvalue weighted by atomic mass is 32.1. The highest BCUT2D eigenvalue weighted by molar-refractivity contribution is 7.09. The Bertz CT molecular complexity index is 702. The molecule has 20 heavy (non-hydrogen) atoms. The summed E-state index contributed by atoms with van der Waals surface area (Å²) in [5.41, 5.74) is 2.22. The molecule has 0 aliphatic heterocycles. The van der Waals surface area contributed by atoms with Gasteiger partial charge in [0.05, 0.1) is 5.52 Å². The molecule has 0 bridgehead atoms. The molecule has 2 heterocycles. The lowest BCUT2D eigenvalue weighted by Gasteiger charge is -2.05. The lowest BCUT2D eigenvalue weighted by molar-refractivity contribution is 0.861. The van der Waals surface area contributed by atoms with Crippen molar-refractivity contribution >= 4 is 27.6 Å². The zero-order valence-electron chi connectivity index (χ0n) is 11.3. The van der Waals surface area contributed by atoms with Crippen LogP contribution >= 0.6 is 11.5 Å². The van der Waals surface area contributed by atoms with Gasteiger partial charge in [0.2, 0.25) is 5.13 Å². The van der Waals surface area contributed by atoms with Gasteiger partial charge in [-0.25, -0.2) is 4.98 Å². The number of nitrogens with zero attached hydrogens (tertiary/aromatic N) is 3. The molecule has 1 aromatic carbocycles. The zero-order chi connectivity index (χ0) is 13.8. The average molecular weight is 284 g/mol. The van der Waals surface area contributed by atoms with Crippen molar-refractivity contribution in [1.82, 2.24) is 14.3 Å². The molecule has 0 radical (unpaired) electrons. The largest absolute Gasteiger partial charge is 0.356 e. The first-order valence-corrected chi connectivity index (χ1v) is 7.53. The first-order chi connectivity index (χ1) is 9.86. The maximum absolute atomic E-state index is 4.47. The average Bonchev–Trinajstić information content (AvgIpc) is 2.93. The van der Waals surface area contributed by atoms with Crippen LogP contribution in [0.15, 0.2) is 36.5 Å². The summed E-state index contributed by atoms with van der Waals surface area (Å²) in [5.74, 6) is 0.927. The van der Waals surface area contributed by atoms with Crippen molar-refractivity contribution in [2.24, 2.45) is 0 Å². The number of hydrogen-bond donors (Lipinski definition) is 1. The summed E-state index contributed by atoms with van der Waals surface area (Å²) in [6.45, 7) is 2.85. The minimum Gasteiger partial charge on any atom is -0.356 e. The first-order valence-electron chi connectivity index (χ1n) is 6.76. The predicted octanol–water partition coefficient (Wildman–Crippen LogP) is 3.65. The second-order valence-electron chi connectivity index (χ2n) is 4.61. The number of nitrogens with one attached hydrogen (secondary N) is 1. The van der Waals surface area contributed by atoms with Crippen LogP contribution < -0.4 is 5.32 Å². The Morgan fingerprint density at radius 2 is 2.10 bits per heavy atom. The van der Waals surface area contributed by atoms with E-state index < -0.39 is 0 Å². The predicted molar refractivity (Wildman–Crippen MR) is 83.0 cm³/mol. The molecule has 0 unspecified atom stereocenters. The van der Waals surface area contributed by atoms with Gasteiger partial charge in [-0.2, -0.15) is 4.37 Å². The monoisotopic (exact) mass is 284 g/mol. The molecule has 0 saturated carbocycles. The molecule has 0 fully saturated rings. The maximum Gasteiger partial charge on any atom is 0.202 e. The smallest absolute Gasteiger partial charge is 0.202 e. The fourth-order valence-corrected chi connectivity index (χ4v) is 2.74. The SMILES string of the molecule is CCCc1nsc(NCc2cccc3cccnc23)n1. The summed E-state index contributed by atoms with van der Waals surface area (Å²) < 4.78 is 4.33. The van der Waals surface area contributed by atoms with Crippen molar-refractivity contribution in [1.29, 1.82) is 0 Å². The van der Waals surface area contributed by atoms with Crippen molar-refractivity contribution in [3.8, 4) is 0 Å². The van der Waals surface area contributed by atoms with E-state index in [-0.39, 0.29) is 0 Å². The van der Waals surface area contributed by atoms with E-state index in [1.165, 1.54) is 17.1 Å². The summed E-state index contributed by atoms with van der Waals surface area (Å²) in [7, 11) is 0. The molecular formula is C15H16N4S. The van der Waals surface area contributed by atoms with Crippen LogP contribution in [0.2, 0.25) is 0 Å². The molecule has 5 heteroatoms. The third kappa shape index (κ3) is 2.77. The second-order valence-corrected chi connectivity index (χ2v) is 5.36. The van der Waals surface area contributed by atoms with Crippen LogP contribution in [-0.2, 0) is 13.0 Å². The number of anilines is 1. The number of para-hydroxylation sites is 1. The summed E-state index contributed by atoms with van der Waals surface area (Å²) in [4.78, 5) is 8.93. The summed E-state index contributed by atoms with van der Waals surface area (Å²) >= 11 is 1.42. The Balaban J connectivity index is 1.76. The van der Waals surface area contributed by atoms with Crippen molar-refractivity contribution in [2.75, 3.05) is 5.32 Å². The Hall–Kier alpha value is -2.01. The molecule has 3 aromatic rings. The van der Waals surface area contributed by atoms with Gasteiger partial charge < -0.3 is 5.32 Å². The van der Waals surface area contributed by atoms with Gasteiger partial charge >= 0.3 is 0 Å². The van der Waals surface area contributed by atoms with Gasteiger partial charge in [0.25, 0.3) is 0 Å². The molecule has 3 rings (SSSR count). The summed E-state index contributed by atoms with van der Waals surface area (Å²) in [6.07, 6.45) is 3.84. The van der Waals surface area contributed by atoms with Crippen LogP contribution in [0.5, 0.6) is 0 Å². The van der Waals surface area contributed by atoms with Gasteiger partial charge in [0.1, 0.15) is 5.82 Å². The van der Waals surface area contributed by atoms with E-state index in [0.717, 1.165) is 41.2 Å². The summed E-state index contributed by atoms with van der Waals surface area (Å²) in [5, 5.41) is 5.38. The normalized spacial score (nSPS) is 10.8. The molecule has 4 nitrogen and oxygen atoms in total. The third-order valence-corrected chi connectivity index (χ3v) is 3.80. The number of fused-ring (bicyclic) bond motifs is 1. The number of benzene rings is 1. The molecule has 0 aliphatic carbocycles. The van der Waals surface area contributed by atoms with Crippen molar-refractivity contribution in [3.63, 3.8) is 0 Å². The van der Waals surface area contributed by atoms with Gasteiger partial charge in [0, 0.05) is 36.1 Å². The fraction of sp³-hybridized carbons (Fsp3) is 0.267. The Labute approximate surface area is 122 Å².